The number of halogens is 3. The first-order chi connectivity index (χ1) is 15.3. The summed E-state index contributed by atoms with van der Waals surface area (Å²) in [6.07, 6.45) is 2.37. The van der Waals surface area contributed by atoms with Crippen molar-refractivity contribution in [1.82, 2.24) is 14.9 Å². The van der Waals surface area contributed by atoms with Crippen LogP contribution in [0.3, 0.4) is 0 Å². The number of hydrogen-bond donors (Lipinski definition) is 1. The predicted octanol–water partition coefficient (Wildman–Crippen LogP) is 2.77. The summed E-state index contributed by atoms with van der Waals surface area (Å²) in [5.41, 5.74) is 1.68. The largest absolute Gasteiger partial charge is 0.407 e. The first kappa shape index (κ1) is 22.0. The molecule has 1 saturated heterocycles. The van der Waals surface area contributed by atoms with E-state index in [1.54, 1.807) is 17.2 Å². The van der Waals surface area contributed by atoms with E-state index in [1.165, 1.54) is 12.3 Å². The van der Waals surface area contributed by atoms with Crippen LogP contribution in [0.5, 0.6) is 0 Å². The number of alkyl halides is 3. The lowest BCUT2D eigenvalue weighted by molar-refractivity contribution is -0.148. The van der Waals surface area contributed by atoms with E-state index in [-0.39, 0.29) is 11.6 Å². The first-order valence-electron chi connectivity index (χ1n) is 10.2. The van der Waals surface area contributed by atoms with Crippen molar-refractivity contribution in [3.05, 3.63) is 35.7 Å². The van der Waals surface area contributed by atoms with Gasteiger partial charge in [0.2, 0.25) is 0 Å². The maximum absolute atomic E-state index is 13.3. The number of hydrazone groups is 1. The van der Waals surface area contributed by atoms with Gasteiger partial charge in [-0.25, -0.2) is 4.99 Å². The highest BCUT2D eigenvalue weighted by Crippen LogP contribution is 2.35. The molecule has 2 atom stereocenters. The Morgan fingerprint density at radius 1 is 1.38 bits per heavy atom. The summed E-state index contributed by atoms with van der Waals surface area (Å²) in [7, 11) is 0. The van der Waals surface area contributed by atoms with Crippen molar-refractivity contribution in [1.29, 1.82) is 0 Å². The molecule has 1 aromatic rings. The SMILES string of the molecule is C=Cc1c(C2=NN(CC(F)(F)F)C3C=C(C(=O)N4CCCOCC4)N=CC23)c[nH]c1N=C. The lowest BCUT2D eigenvalue weighted by Gasteiger charge is -2.28. The quantitative estimate of drug-likeness (QED) is 0.703. The van der Waals surface area contributed by atoms with E-state index in [4.69, 9.17) is 4.74 Å². The van der Waals surface area contributed by atoms with Crippen LogP contribution < -0.4 is 0 Å². The number of aliphatic imine (C=N–C) groups is 2. The molecule has 1 aromatic heterocycles. The molecule has 170 valence electrons. The molecule has 32 heavy (non-hydrogen) atoms. The number of rotatable bonds is 5. The third-order valence-electron chi connectivity index (χ3n) is 5.57. The van der Waals surface area contributed by atoms with E-state index >= 15 is 0 Å². The summed E-state index contributed by atoms with van der Waals surface area (Å²) in [5.74, 6) is -0.434. The number of ether oxygens (including phenoxy) is 1. The smallest absolute Gasteiger partial charge is 0.380 e. The summed E-state index contributed by atoms with van der Waals surface area (Å²) in [6.45, 7) is 7.91. The fourth-order valence-corrected chi connectivity index (χ4v) is 4.10. The van der Waals surface area contributed by atoms with Gasteiger partial charge in [-0.2, -0.15) is 18.3 Å². The van der Waals surface area contributed by atoms with E-state index in [1.807, 2.05) is 0 Å². The number of nitrogens with one attached hydrogen (secondary N) is 1. The van der Waals surface area contributed by atoms with Gasteiger partial charge in [0.1, 0.15) is 18.1 Å². The molecule has 4 rings (SSSR count). The van der Waals surface area contributed by atoms with Crippen LogP contribution >= 0.6 is 0 Å². The maximum Gasteiger partial charge on any atom is 0.407 e. The van der Waals surface area contributed by atoms with Crippen molar-refractivity contribution in [2.45, 2.75) is 18.6 Å². The molecule has 0 aliphatic carbocycles. The lowest BCUT2D eigenvalue weighted by atomic mass is 9.89. The average Bonchev–Trinajstić information content (AvgIpc) is 3.20. The van der Waals surface area contributed by atoms with Crippen LogP contribution in [0.1, 0.15) is 17.5 Å². The highest BCUT2D eigenvalue weighted by molar-refractivity contribution is 6.15. The summed E-state index contributed by atoms with van der Waals surface area (Å²) in [5, 5.41) is 5.25. The Balaban J connectivity index is 1.67. The molecule has 8 nitrogen and oxygen atoms in total. The Kier molecular flexibility index (Phi) is 6.00. The Bertz CT molecular complexity index is 1000. The molecular formula is C21H23F3N6O2. The molecule has 1 amide bonds. The van der Waals surface area contributed by atoms with E-state index in [9.17, 15) is 18.0 Å². The first-order valence-corrected chi connectivity index (χ1v) is 10.2. The zero-order valence-electron chi connectivity index (χ0n) is 17.3. The van der Waals surface area contributed by atoms with E-state index < -0.39 is 24.7 Å². The van der Waals surface area contributed by atoms with Crippen LogP contribution in [-0.2, 0) is 9.53 Å². The van der Waals surface area contributed by atoms with Crippen molar-refractivity contribution in [2.24, 2.45) is 21.0 Å². The number of aromatic amines is 1. The molecule has 0 bridgehead atoms. The van der Waals surface area contributed by atoms with Crippen molar-refractivity contribution in [3.63, 3.8) is 0 Å². The standard InChI is InChI=1S/C21H23F3N6O2/c1-3-13-14(10-27-19(13)25-2)18-15-11-26-16(20(31)29-5-4-7-32-8-6-29)9-17(15)30(28-18)12-21(22,23)24/h3,9-11,15,17,27H,1-2,4-8,12H2. The molecule has 0 saturated carbocycles. The number of nitrogens with zero attached hydrogens (tertiary/aromatic N) is 5. The van der Waals surface area contributed by atoms with Gasteiger partial charge in [0.15, 0.2) is 0 Å². The molecule has 1 fully saturated rings. The minimum Gasteiger partial charge on any atom is -0.380 e. The second-order valence-electron chi connectivity index (χ2n) is 7.63. The summed E-state index contributed by atoms with van der Waals surface area (Å²) in [6, 6.07) is -0.793. The second kappa shape index (κ2) is 8.73. The Hall–Kier alpha value is -3.21. The number of carbonyl (C=O) groups is 1. The second-order valence-corrected chi connectivity index (χ2v) is 7.63. The summed E-state index contributed by atoms with van der Waals surface area (Å²) in [4.78, 5) is 25.7. The van der Waals surface area contributed by atoms with E-state index in [2.05, 4.69) is 33.4 Å². The van der Waals surface area contributed by atoms with Gasteiger partial charge in [0.25, 0.3) is 5.91 Å². The third-order valence-corrected chi connectivity index (χ3v) is 5.57. The minimum absolute atomic E-state index is 0.114. The van der Waals surface area contributed by atoms with Crippen LogP contribution in [-0.4, -0.2) is 84.5 Å². The number of fused-ring (bicyclic) bond motifs is 1. The van der Waals surface area contributed by atoms with Crippen molar-refractivity contribution >= 4 is 36.4 Å². The molecule has 1 N–H and O–H groups in total. The fourth-order valence-electron chi connectivity index (χ4n) is 4.10. The number of aromatic nitrogens is 1. The fraction of sp³-hybridized carbons (Fsp3) is 0.429. The van der Waals surface area contributed by atoms with Crippen molar-refractivity contribution in [3.8, 4) is 0 Å². The zero-order chi connectivity index (χ0) is 22.9. The molecule has 2 unspecified atom stereocenters. The van der Waals surface area contributed by atoms with E-state index in [0.717, 1.165) is 5.01 Å². The van der Waals surface area contributed by atoms with Crippen LogP contribution in [0.15, 0.2) is 39.6 Å². The van der Waals surface area contributed by atoms with Gasteiger partial charge in [-0.05, 0) is 19.2 Å². The molecule has 4 heterocycles. The number of amides is 1. The number of H-pyrrole nitrogens is 1. The normalized spacial score (nSPS) is 23.3. The van der Waals surface area contributed by atoms with Crippen LogP contribution in [0, 0.1) is 5.92 Å². The van der Waals surface area contributed by atoms with Crippen molar-refractivity contribution < 1.29 is 22.7 Å². The van der Waals surface area contributed by atoms with Gasteiger partial charge in [0.05, 0.1) is 24.3 Å². The molecule has 0 aromatic carbocycles. The Morgan fingerprint density at radius 2 is 2.19 bits per heavy atom. The Morgan fingerprint density at radius 3 is 2.91 bits per heavy atom. The van der Waals surface area contributed by atoms with Gasteiger partial charge >= 0.3 is 6.18 Å². The van der Waals surface area contributed by atoms with Gasteiger partial charge in [-0.15, -0.1) is 0 Å². The molecule has 3 aliphatic heterocycles. The zero-order valence-corrected chi connectivity index (χ0v) is 17.3. The topological polar surface area (TPSA) is 85.6 Å². The van der Waals surface area contributed by atoms with Crippen LogP contribution in [0.25, 0.3) is 6.08 Å². The van der Waals surface area contributed by atoms with Gasteiger partial charge in [-0.1, -0.05) is 12.7 Å². The number of hydrogen-bond acceptors (Lipinski definition) is 6. The summed E-state index contributed by atoms with van der Waals surface area (Å²) < 4.78 is 45.2. The highest BCUT2D eigenvalue weighted by Gasteiger charge is 2.44. The summed E-state index contributed by atoms with van der Waals surface area (Å²) >= 11 is 0. The Labute approximate surface area is 182 Å². The highest BCUT2D eigenvalue weighted by atomic mass is 19.4. The predicted molar refractivity (Wildman–Crippen MR) is 115 cm³/mol. The third kappa shape index (κ3) is 4.24. The molecule has 0 spiro atoms. The molecular weight excluding hydrogens is 425 g/mol. The molecule has 3 aliphatic rings. The monoisotopic (exact) mass is 448 g/mol. The van der Waals surface area contributed by atoms with Gasteiger partial charge in [0, 0.05) is 43.2 Å². The van der Waals surface area contributed by atoms with E-state index in [0.29, 0.717) is 55.4 Å². The molecule has 11 heteroatoms. The van der Waals surface area contributed by atoms with Crippen LogP contribution in [0.4, 0.5) is 19.0 Å². The number of carbonyl (C=O) groups excluding carboxylic acids is 1. The van der Waals surface area contributed by atoms with Gasteiger partial charge < -0.3 is 14.6 Å². The maximum atomic E-state index is 13.3. The van der Waals surface area contributed by atoms with Crippen molar-refractivity contribution in [2.75, 3.05) is 32.8 Å². The van der Waals surface area contributed by atoms with Gasteiger partial charge in [-0.3, -0.25) is 14.8 Å². The minimum atomic E-state index is -4.47. The van der Waals surface area contributed by atoms with Crippen LogP contribution in [0.2, 0.25) is 0 Å². The molecule has 0 radical (unpaired) electrons. The average molecular weight is 448 g/mol. The lowest BCUT2D eigenvalue weighted by Crippen LogP contribution is -2.41.